The van der Waals surface area contributed by atoms with Crippen molar-refractivity contribution in [2.45, 2.75) is 13.3 Å². The first-order valence-electron chi connectivity index (χ1n) is 5.27. The molecule has 1 rings (SSSR count). The molecule has 0 spiro atoms. The van der Waals surface area contributed by atoms with Gasteiger partial charge in [0.2, 0.25) is 0 Å². The third kappa shape index (κ3) is 5.64. The zero-order valence-corrected chi connectivity index (χ0v) is 9.93. The summed E-state index contributed by atoms with van der Waals surface area (Å²) < 4.78 is 11.1. The Morgan fingerprint density at radius 3 is 2.73 bits per heavy atom. The lowest BCUT2D eigenvalue weighted by Gasteiger charge is -2.03. The van der Waals surface area contributed by atoms with Gasteiger partial charge >= 0.3 is 0 Å². The SMILES string of the molecule is CCS(=O)CCNCCc1ccncc1. The van der Waals surface area contributed by atoms with Gasteiger partial charge in [0, 0.05) is 41.2 Å². The maximum atomic E-state index is 11.1. The average molecular weight is 226 g/mol. The molecule has 3 nitrogen and oxygen atoms in total. The second kappa shape index (κ2) is 7.54. The normalized spacial score (nSPS) is 12.6. The molecule has 0 bridgehead atoms. The Balaban J connectivity index is 2.05. The standard InChI is InChI=1S/C11H18N2OS/c1-2-15(14)10-9-13-8-5-11-3-6-12-7-4-11/h3-4,6-7,13H,2,5,8-10H2,1H3. The van der Waals surface area contributed by atoms with Crippen molar-refractivity contribution in [3.8, 4) is 0 Å². The van der Waals surface area contributed by atoms with Gasteiger partial charge in [0.25, 0.3) is 0 Å². The smallest absolute Gasteiger partial charge is 0.0359 e. The topological polar surface area (TPSA) is 42.0 Å². The Morgan fingerprint density at radius 2 is 2.07 bits per heavy atom. The molecule has 1 atom stereocenters. The third-order valence-electron chi connectivity index (χ3n) is 2.17. The Hall–Kier alpha value is -0.740. The second-order valence-corrected chi connectivity index (χ2v) is 5.15. The van der Waals surface area contributed by atoms with E-state index >= 15 is 0 Å². The van der Waals surface area contributed by atoms with Gasteiger partial charge in [-0.2, -0.15) is 0 Å². The summed E-state index contributed by atoms with van der Waals surface area (Å²) in [6.45, 7) is 3.73. The quantitative estimate of drug-likeness (QED) is 0.705. The molecule has 0 saturated heterocycles. The molecular formula is C11H18N2OS. The molecule has 1 aromatic heterocycles. The van der Waals surface area contributed by atoms with Crippen LogP contribution in [0, 0.1) is 0 Å². The summed E-state index contributed by atoms with van der Waals surface area (Å²) in [7, 11) is -0.647. The fourth-order valence-electron chi connectivity index (χ4n) is 1.24. The zero-order chi connectivity index (χ0) is 10.9. The van der Waals surface area contributed by atoms with Crippen molar-refractivity contribution in [3.05, 3.63) is 30.1 Å². The Kier molecular flexibility index (Phi) is 6.20. The number of nitrogens with zero attached hydrogens (tertiary/aromatic N) is 1. The molecule has 4 heteroatoms. The van der Waals surface area contributed by atoms with E-state index in [1.807, 2.05) is 31.5 Å². The number of pyridine rings is 1. The molecule has 1 unspecified atom stereocenters. The molecule has 0 radical (unpaired) electrons. The lowest BCUT2D eigenvalue weighted by Crippen LogP contribution is -2.23. The zero-order valence-electron chi connectivity index (χ0n) is 9.11. The highest BCUT2D eigenvalue weighted by Gasteiger charge is 1.95. The molecule has 15 heavy (non-hydrogen) atoms. The summed E-state index contributed by atoms with van der Waals surface area (Å²) >= 11 is 0. The van der Waals surface area contributed by atoms with Gasteiger partial charge in [-0.15, -0.1) is 0 Å². The van der Waals surface area contributed by atoms with Gasteiger partial charge in [-0.25, -0.2) is 0 Å². The van der Waals surface area contributed by atoms with E-state index in [2.05, 4.69) is 10.3 Å². The van der Waals surface area contributed by atoms with Gasteiger partial charge in [-0.05, 0) is 30.7 Å². The van der Waals surface area contributed by atoms with Crippen molar-refractivity contribution in [1.29, 1.82) is 0 Å². The highest BCUT2D eigenvalue weighted by Crippen LogP contribution is 1.95. The second-order valence-electron chi connectivity index (χ2n) is 3.29. The first-order valence-corrected chi connectivity index (χ1v) is 6.76. The van der Waals surface area contributed by atoms with Gasteiger partial charge in [-0.1, -0.05) is 6.92 Å². The van der Waals surface area contributed by atoms with Crippen LogP contribution < -0.4 is 5.32 Å². The van der Waals surface area contributed by atoms with Crippen LogP contribution in [0.4, 0.5) is 0 Å². The number of rotatable bonds is 7. The molecule has 0 saturated carbocycles. The molecule has 0 fully saturated rings. The monoisotopic (exact) mass is 226 g/mol. The molecule has 1 heterocycles. The molecule has 84 valence electrons. The fraction of sp³-hybridized carbons (Fsp3) is 0.545. The van der Waals surface area contributed by atoms with Gasteiger partial charge in [0.1, 0.15) is 0 Å². The summed E-state index contributed by atoms with van der Waals surface area (Å²) in [6.07, 6.45) is 4.62. The summed E-state index contributed by atoms with van der Waals surface area (Å²) in [5.74, 6) is 1.51. The van der Waals surface area contributed by atoms with E-state index < -0.39 is 10.8 Å². The highest BCUT2D eigenvalue weighted by atomic mass is 32.2. The van der Waals surface area contributed by atoms with Crippen LogP contribution in [0.1, 0.15) is 12.5 Å². The molecule has 1 N–H and O–H groups in total. The Bertz CT molecular complexity index is 290. The molecule has 0 aliphatic carbocycles. The van der Waals surface area contributed by atoms with Crippen LogP contribution in [-0.2, 0) is 17.2 Å². The number of nitrogens with one attached hydrogen (secondary N) is 1. The maximum Gasteiger partial charge on any atom is 0.0359 e. The molecule has 0 aromatic carbocycles. The van der Waals surface area contributed by atoms with E-state index in [9.17, 15) is 4.21 Å². The van der Waals surface area contributed by atoms with Crippen LogP contribution >= 0.6 is 0 Å². The van der Waals surface area contributed by atoms with Gasteiger partial charge in [-0.3, -0.25) is 9.19 Å². The average Bonchev–Trinajstić information content (AvgIpc) is 2.29. The van der Waals surface area contributed by atoms with E-state index in [1.165, 1.54) is 5.56 Å². The largest absolute Gasteiger partial charge is 0.315 e. The highest BCUT2D eigenvalue weighted by molar-refractivity contribution is 7.84. The minimum atomic E-state index is -0.647. The van der Waals surface area contributed by atoms with Crippen molar-refractivity contribution in [2.24, 2.45) is 0 Å². The van der Waals surface area contributed by atoms with E-state index in [0.717, 1.165) is 31.0 Å². The summed E-state index contributed by atoms with van der Waals surface area (Å²) in [5, 5.41) is 3.29. The summed E-state index contributed by atoms with van der Waals surface area (Å²) in [5.41, 5.74) is 1.29. The van der Waals surface area contributed by atoms with Crippen molar-refractivity contribution >= 4 is 10.8 Å². The lowest BCUT2D eigenvalue weighted by molar-refractivity contribution is 0.673. The third-order valence-corrected chi connectivity index (χ3v) is 3.47. The minimum Gasteiger partial charge on any atom is -0.315 e. The van der Waals surface area contributed by atoms with Crippen LogP contribution in [0.25, 0.3) is 0 Å². The summed E-state index contributed by atoms with van der Waals surface area (Å²) in [4.78, 5) is 3.96. The molecule has 0 aliphatic rings. The Morgan fingerprint density at radius 1 is 1.33 bits per heavy atom. The maximum absolute atomic E-state index is 11.1. The minimum absolute atomic E-state index is 0.647. The van der Waals surface area contributed by atoms with Crippen LogP contribution in [0.15, 0.2) is 24.5 Å². The van der Waals surface area contributed by atoms with Crippen LogP contribution in [0.2, 0.25) is 0 Å². The predicted octanol–water partition coefficient (Wildman–Crippen LogP) is 0.982. The summed E-state index contributed by atoms with van der Waals surface area (Å²) in [6, 6.07) is 4.04. The van der Waals surface area contributed by atoms with E-state index in [0.29, 0.717) is 0 Å². The molecular weight excluding hydrogens is 208 g/mol. The first kappa shape index (κ1) is 12.3. The van der Waals surface area contributed by atoms with Crippen molar-refractivity contribution in [1.82, 2.24) is 10.3 Å². The fourth-order valence-corrected chi connectivity index (χ4v) is 1.90. The van der Waals surface area contributed by atoms with Crippen molar-refractivity contribution in [3.63, 3.8) is 0 Å². The van der Waals surface area contributed by atoms with Crippen LogP contribution in [-0.4, -0.2) is 33.8 Å². The molecule has 1 aromatic rings. The predicted molar refractivity (Wildman–Crippen MR) is 64.4 cm³/mol. The van der Waals surface area contributed by atoms with E-state index in [1.54, 1.807) is 0 Å². The first-order chi connectivity index (χ1) is 7.33. The van der Waals surface area contributed by atoms with Crippen LogP contribution in [0.3, 0.4) is 0 Å². The number of hydrogen-bond donors (Lipinski definition) is 1. The molecule has 0 amide bonds. The molecule has 0 aliphatic heterocycles. The van der Waals surface area contributed by atoms with Gasteiger partial charge in [0.15, 0.2) is 0 Å². The lowest BCUT2D eigenvalue weighted by atomic mass is 10.2. The number of aromatic nitrogens is 1. The van der Waals surface area contributed by atoms with Crippen LogP contribution in [0.5, 0.6) is 0 Å². The van der Waals surface area contributed by atoms with Crippen molar-refractivity contribution < 1.29 is 4.21 Å². The number of hydrogen-bond acceptors (Lipinski definition) is 3. The van der Waals surface area contributed by atoms with Gasteiger partial charge in [0.05, 0.1) is 0 Å². The Labute approximate surface area is 93.8 Å². The van der Waals surface area contributed by atoms with Crippen molar-refractivity contribution in [2.75, 3.05) is 24.6 Å². The van der Waals surface area contributed by atoms with E-state index in [-0.39, 0.29) is 0 Å². The van der Waals surface area contributed by atoms with Gasteiger partial charge < -0.3 is 5.32 Å². The van der Waals surface area contributed by atoms with E-state index in [4.69, 9.17) is 0 Å².